The minimum Gasteiger partial charge on any atom is -0.368 e. The van der Waals surface area contributed by atoms with E-state index in [9.17, 15) is 0 Å². The molecule has 1 saturated heterocycles. The summed E-state index contributed by atoms with van der Waals surface area (Å²) in [5.41, 5.74) is 5.80. The number of anilines is 2. The lowest BCUT2D eigenvalue weighted by molar-refractivity contribution is 0.567. The van der Waals surface area contributed by atoms with E-state index in [0.717, 1.165) is 18.9 Å². The number of nitrogens with zero attached hydrogens (tertiary/aromatic N) is 6. The molecule has 0 aliphatic carbocycles. The van der Waals surface area contributed by atoms with Crippen molar-refractivity contribution in [2.75, 3.05) is 23.7 Å². The van der Waals surface area contributed by atoms with Crippen molar-refractivity contribution in [3.05, 3.63) is 18.2 Å². The zero-order valence-electron chi connectivity index (χ0n) is 11.0. The average molecular weight is 259 g/mol. The zero-order chi connectivity index (χ0) is 13.2. The highest BCUT2D eigenvalue weighted by Gasteiger charge is 2.16. The summed E-state index contributed by atoms with van der Waals surface area (Å²) in [4.78, 5) is 19.3. The molecule has 0 amide bonds. The molecular formula is C12H17N7. The van der Waals surface area contributed by atoms with Gasteiger partial charge in [0.25, 0.3) is 0 Å². The fourth-order valence-electron chi connectivity index (χ4n) is 2.30. The Balaban J connectivity index is 1.98. The number of hydrogen-bond donors (Lipinski definition) is 1. The number of nitrogen functional groups attached to an aromatic ring is 1. The van der Waals surface area contributed by atoms with E-state index in [0.29, 0.717) is 11.9 Å². The van der Waals surface area contributed by atoms with E-state index in [2.05, 4.69) is 24.8 Å². The standard InChI is InChI=1S/C12H17N7/c1-9-14-5-8-19(9)12-16-10(13)15-11(17-12)18-6-3-2-4-7-18/h5,8H,2-4,6-7H2,1H3,(H2,13,15,16,17). The fraction of sp³-hybridized carbons (Fsp3) is 0.500. The summed E-state index contributed by atoms with van der Waals surface area (Å²) >= 11 is 0. The minimum absolute atomic E-state index is 0.249. The van der Waals surface area contributed by atoms with Gasteiger partial charge in [-0.1, -0.05) is 0 Å². The van der Waals surface area contributed by atoms with Crippen LogP contribution in [0.15, 0.2) is 12.4 Å². The van der Waals surface area contributed by atoms with Gasteiger partial charge in [0.1, 0.15) is 5.82 Å². The quantitative estimate of drug-likeness (QED) is 0.863. The van der Waals surface area contributed by atoms with E-state index in [1.807, 2.05) is 17.7 Å². The largest absolute Gasteiger partial charge is 0.368 e. The summed E-state index contributed by atoms with van der Waals surface area (Å²) in [7, 11) is 0. The van der Waals surface area contributed by atoms with Crippen molar-refractivity contribution < 1.29 is 0 Å². The maximum absolute atomic E-state index is 5.80. The van der Waals surface area contributed by atoms with E-state index >= 15 is 0 Å². The van der Waals surface area contributed by atoms with Gasteiger partial charge in [-0.25, -0.2) is 4.98 Å². The minimum atomic E-state index is 0.249. The molecule has 3 rings (SSSR count). The van der Waals surface area contributed by atoms with Crippen molar-refractivity contribution in [3.63, 3.8) is 0 Å². The monoisotopic (exact) mass is 259 g/mol. The third-order valence-electron chi connectivity index (χ3n) is 3.31. The van der Waals surface area contributed by atoms with Crippen LogP contribution in [0, 0.1) is 6.92 Å². The molecule has 19 heavy (non-hydrogen) atoms. The Morgan fingerprint density at radius 1 is 1.05 bits per heavy atom. The Bertz CT molecular complexity index is 571. The van der Waals surface area contributed by atoms with Crippen LogP contribution in [0.5, 0.6) is 0 Å². The summed E-state index contributed by atoms with van der Waals surface area (Å²) in [5, 5.41) is 0. The number of aromatic nitrogens is 5. The number of hydrogen-bond acceptors (Lipinski definition) is 6. The Kier molecular flexibility index (Phi) is 3.02. The van der Waals surface area contributed by atoms with Gasteiger partial charge in [0.15, 0.2) is 0 Å². The second-order valence-corrected chi connectivity index (χ2v) is 4.69. The highest BCUT2D eigenvalue weighted by Crippen LogP contribution is 2.17. The molecule has 0 unspecified atom stereocenters. The summed E-state index contributed by atoms with van der Waals surface area (Å²) in [5.74, 6) is 2.27. The molecular weight excluding hydrogens is 242 g/mol. The molecule has 0 bridgehead atoms. The molecule has 0 radical (unpaired) electrons. The molecule has 2 N–H and O–H groups in total. The lowest BCUT2D eigenvalue weighted by Crippen LogP contribution is -2.31. The average Bonchev–Trinajstić information content (AvgIpc) is 2.85. The van der Waals surface area contributed by atoms with E-state index in [1.165, 1.54) is 19.3 Å². The molecule has 7 heteroatoms. The molecule has 0 atom stereocenters. The number of nitrogens with two attached hydrogens (primary N) is 1. The van der Waals surface area contributed by atoms with Gasteiger partial charge in [0, 0.05) is 25.5 Å². The van der Waals surface area contributed by atoms with Crippen LogP contribution in [0.3, 0.4) is 0 Å². The molecule has 3 heterocycles. The van der Waals surface area contributed by atoms with Crippen LogP contribution in [-0.4, -0.2) is 37.6 Å². The molecule has 0 saturated carbocycles. The number of rotatable bonds is 2. The maximum Gasteiger partial charge on any atom is 0.241 e. The Hall–Kier alpha value is -2.18. The topological polar surface area (TPSA) is 85.8 Å². The van der Waals surface area contributed by atoms with Crippen LogP contribution in [-0.2, 0) is 0 Å². The second kappa shape index (κ2) is 4.83. The first-order chi connectivity index (χ1) is 9.24. The third-order valence-corrected chi connectivity index (χ3v) is 3.31. The van der Waals surface area contributed by atoms with Gasteiger partial charge in [-0.05, 0) is 26.2 Å². The smallest absolute Gasteiger partial charge is 0.241 e. The summed E-state index contributed by atoms with van der Waals surface area (Å²) < 4.78 is 1.81. The number of piperidine rings is 1. The van der Waals surface area contributed by atoms with E-state index in [-0.39, 0.29) is 5.95 Å². The van der Waals surface area contributed by atoms with Gasteiger partial charge in [0.05, 0.1) is 0 Å². The fourth-order valence-corrected chi connectivity index (χ4v) is 2.30. The molecule has 7 nitrogen and oxygen atoms in total. The van der Waals surface area contributed by atoms with Crippen LogP contribution in [0.2, 0.25) is 0 Å². The zero-order valence-corrected chi connectivity index (χ0v) is 11.0. The van der Waals surface area contributed by atoms with Gasteiger partial charge in [-0.15, -0.1) is 0 Å². The van der Waals surface area contributed by atoms with Crippen LogP contribution < -0.4 is 10.6 Å². The van der Waals surface area contributed by atoms with Crippen molar-refractivity contribution in [1.82, 2.24) is 24.5 Å². The first-order valence-electron chi connectivity index (χ1n) is 6.51. The lowest BCUT2D eigenvalue weighted by atomic mass is 10.1. The van der Waals surface area contributed by atoms with E-state index in [4.69, 9.17) is 5.73 Å². The van der Waals surface area contributed by atoms with Crippen molar-refractivity contribution in [2.45, 2.75) is 26.2 Å². The van der Waals surface area contributed by atoms with Crippen molar-refractivity contribution in [3.8, 4) is 5.95 Å². The molecule has 1 fully saturated rings. The molecule has 100 valence electrons. The van der Waals surface area contributed by atoms with Gasteiger partial charge < -0.3 is 10.6 Å². The molecule has 1 aliphatic rings. The Morgan fingerprint density at radius 2 is 1.79 bits per heavy atom. The predicted molar refractivity (Wildman–Crippen MR) is 72.2 cm³/mol. The number of aryl methyl sites for hydroxylation is 1. The molecule has 0 aromatic carbocycles. The maximum atomic E-state index is 5.80. The van der Waals surface area contributed by atoms with Crippen molar-refractivity contribution in [1.29, 1.82) is 0 Å². The highest BCUT2D eigenvalue weighted by atomic mass is 15.3. The van der Waals surface area contributed by atoms with Crippen LogP contribution >= 0.6 is 0 Å². The van der Waals surface area contributed by atoms with Crippen LogP contribution in [0.1, 0.15) is 25.1 Å². The first kappa shape index (κ1) is 11.9. The Labute approximate surface area is 111 Å². The van der Waals surface area contributed by atoms with Gasteiger partial charge >= 0.3 is 0 Å². The molecule has 1 aliphatic heterocycles. The molecule has 0 spiro atoms. The summed E-state index contributed by atoms with van der Waals surface area (Å²) in [6.45, 7) is 3.86. The second-order valence-electron chi connectivity index (χ2n) is 4.69. The number of imidazole rings is 1. The normalized spacial score (nSPS) is 15.7. The van der Waals surface area contributed by atoms with E-state index in [1.54, 1.807) is 6.20 Å². The van der Waals surface area contributed by atoms with Crippen molar-refractivity contribution >= 4 is 11.9 Å². The first-order valence-corrected chi connectivity index (χ1v) is 6.51. The molecule has 2 aromatic rings. The predicted octanol–water partition coefficient (Wildman–Crippen LogP) is 0.938. The Morgan fingerprint density at radius 3 is 2.47 bits per heavy atom. The van der Waals surface area contributed by atoms with Crippen LogP contribution in [0.25, 0.3) is 5.95 Å². The van der Waals surface area contributed by atoms with Gasteiger partial charge in [-0.3, -0.25) is 4.57 Å². The van der Waals surface area contributed by atoms with Crippen molar-refractivity contribution in [2.24, 2.45) is 0 Å². The third kappa shape index (κ3) is 2.35. The van der Waals surface area contributed by atoms with E-state index < -0.39 is 0 Å². The summed E-state index contributed by atoms with van der Waals surface area (Å²) in [6, 6.07) is 0. The van der Waals surface area contributed by atoms with Gasteiger partial charge in [0.2, 0.25) is 17.8 Å². The highest BCUT2D eigenvalue weighted by molar-refractivity contribution is 5.38. The van der Waals surface area contributed by atoms with Crippen LogP contribution in [0.4, 0.5) is 11.9 Å². The molecule has 2 aromatic heterocycles. The lowest BCUT2D eigenvalue weighted by Gasteiger charge is -2.26. The summed E-state index contributed by atoms with van der Waals surface area (Å²) in [6.07, 6.45) is 7.15. The SMILES string of the molecule is Cc1nccn1-c1nc(N)nc(N2CCCCC2)n1. The van der Waals surface area contributed by atoms with Gasteiger partial charge in [-0.2, -0.15) is 15.0 Å².